The van der Waals surface area contributed by atoms with Gasteiger partial charge >= 0.3 is 0 Å². The molecule has 74 heavy (non-hydrogen) atoms. The fourth-order valence-corrected chi connectivity index (χ4v) is 10.6. The Morgan fingerprint density at radius 3 is 0.851 bits per heavy atom. The second-order valence-electron chi connectivity index (χ2n) is 23.2. The summed E-state index contributed by atoms with van der Waals surface area (Å²) in [4.78, 5) is 12.6. The van der Waals surface area contributed by atoms with Crippen molar-refractivity contribution in [2.75, 3.05) is 6.61 Å². The van der Waals surface area contributed by atoms with E-state index in [-0.39, 0.29) is 0 Å². The van der Waals surface area contributed by atoms with Gasteiger partial charge in [0, 0.05) is 0 Å². The summed E-state index contributed by atoms with van der Waals surface area (Å²) in [5.41, 5.74) is 0. The molecule has 0 saturated carbocycles. The monoisotopic (exact) mass is 1040 g/mol. The minimum atomic E-state index is -1.29. The van der Waals surface area contributed by atoms with Crippen molar-refractivity contribution < 1.29 is 25.2 Å². The number of unbranched alkanes of at least 4 members (excludes halogenated alkanes) is 47. The number of hydrogen-bond donors (Lipinski definition) is 5. The summed E-state index contributed by atoms with van der Waals surface area (Å²) in [6, 6.07) is -1.01. The molecule has 6 nitrogen and oxygen atoms in total. The van der Waals surface area contributed by atoms with E-state index in [2.05, 4.69) is 55.6 Å². The SMILES string of the molecule is CCCCCCCCCCCCCC/C=C\CCCCCCCCCCCCCCCCC(O)C(=O)NC(CO)C(O)C(O)CCC/C=C/CC/C=C/CCCCCCCCCCCCCCCCCCCCC. The summed E-state index contributed by atoms with van der Waals surface area (Å²) in [5.74, 6) is -0.592. The van der Waals surface area contributed by atoms with E-state index in [9.17, 15) is 25.2 Å². The summed E-state index contributed by atoms with van der Waals surface area (Å²) >= 11 is 0. The molecular weight excluding hydrogens is 911 g/mol. The van der Waals surface area contributed by atoms with Gasteiger partial charge in [-0.3, -0.25) is 4.79 Å². The summed E-state index contributed by atoms with van der Waals surface area (Å²) < 4.78 is 0. The number of aliphatic hydroxyl groups is 4. The van der Waals surface area contributed by atoms with Gasteiger partial charge in [-0.15, -0.1) is 0 Å². The molecule has 0 aliphatic heterocycles. The summed E-state index contributed by atoms with van der Waals surface area (Å²) in [5, 5.41) is 44.1. The Morgan fingerprint density at radius 2 is 0.568 bits per heavy atom. The van der Waals surface area contributed by atoms with Crippen molar-refractivity contribution in [1.29, 1.82) is 0 Å². The molecule has 0 aromatic heterocycles. The number of allylic oxidation sites excluding steroid dienone is 6. The Bertz CT molecular complexity index is 1170. The molecule has 0 aromatic rings. The van der Waals surface area contributed by atoms with E-state index in [1.165, 1.54) is 289 Å². The number of hydrogen-bond acceptors (Lipinski definition) is 5. The number of carbonyl (C=O) groups is 1. The summed E-state index contributed by atoms with van der Waals surface area (Å²) in [6.45, 7) is 4.09. The molecule has 6 heteroatoms. The fraction of sp³-hybridized carbons (Fsp3) is 0.897. The van der Waals surface area contributed by atoms with Crippen LogP contribution in [0.3, 0.4) is 0 Å². The molecule has 0 spiro atoms. The molecular formula is C68H131NO5. The van der Waals surface area contributed by atoms with Crippen molar-refractivity contribution in [3.63, 3.8) is 0 Å². The highest BCUT2D eigenvalue weighted by atomic mass is 16.3. The standard InChI is InChI=1S/C68H131NO5/c1-3-5-7-9-11-13-15-17-19-21-23-25-27-29-31-33-34-36-38-40-42-44-46-48-50-52-54-56-58-60-62-66(72)68(74)69-64(63-70)67(73)65(71)61-59-57-55-53-51-49-47-45-43-41-39-37-35-32-30-28-26-24-22-20-18-16-14-12-10-8-6-4-2/h29,31,45,47,53,55,64-67,70-73H,3-28,30,32-44,46,48-52,54,56-63H2,1-2H3,(H,69,74)/b31-29-,47-45+,55-53+. The highest BCUT2D eigenvalue weighted by molar-refractivity contribution is 5.80. The average molecular weight is 1040 g/mol. The van der Waals surface area contributed by atoms with Gasteiger partial charge in [0.05, 0.1) is 18.8 Å². The number of nitrogens with one attached hydrogen (secondary N) is 1. The molecule has 438 valence electrons. The van der Waals surface area contributed by atoms with Gasteiger partial charge in [-0.05, 0) is 77.0 Å². The van der Waals surface area contributed by atoms with E-state index in [0.29, 0.717) is 19.3 Å². The molecule has 0 heterocycles. The van der Waals surface area contributed by atoms with Crippen molar-refractivity contribution in [2.45, 2.75) is 385 Å². The van der Waals surface area contributed by atoms with Gasteiger partial charge in [-0.25, -0.2) is 0 Å². The fourth-order valence-electron chi connectivity index (χ4n) is 10.6. The molecule has 0 aromatic carbocycles. The maximum atomic E-state index is 12.6. The minimum Gasteiger partial charge on any atom is -0.394 e. The predicted molar refractivity (Wildman–Crippen MR) is 325 cm³/mol. The molecule has 1 amide bonds. The number of aliphatic hydroxyl groups excluding tert-OH is 4. The summed E-state index contributed by atoms with van der Waals surface area (Å²) in [7, 11) is 0. The van der Waals surface area contributed by atoms with Gasteiger partial charge in [-0.1, -0.05) is 320 Å². The van der Waals surface area contributed by atoms with Crippen LogP contribution in [0.5, 0.6) is 0 Å². The second-order valence-corrected chi connectivity index (χ2v) is 23.2. The maximum Gasteiger partial charge on any atom is 0.249 e. The van der Waals surface area contributed by atoms with Gasteiger partial charge in [0.15, 0.2) is 0 Å². The van der Waals surface area contributed by atoms with Gasteiger partial charge < -0.3 is 25.7 Å². The number of rotatable bonds is 62. The molecule has 4 atom stereocenters. The average Bonchev–Trinajstić information content (AvgIpc) is 3.41. The smallest absolute Gasteiger partial charge is 0.249 e. The van der Waals surface area contributed by atoms with E-state index < -0.39 is 36.9 Å². The lowest BCUT2D eigenvalue weighted by Crippen LogP contribution is -2.53. The van der Waals surface area contributed by atoms with E-state index >= 15 is 0 Å². The number of amides is 1. The first-order valence-electron chi connectivity index (χ1n) is 33.4. The van der Waals surface area contributed by atoms with Crippen LogP contribution in [0.25, 0.3) is 0 Å². The van der Waals surface area contributed by atoms with Gasteiger partial charge in [0.2, 0.25) is 5.91 Å². The first-order valence-corrected chi connectivity index (χ1v) is 33.4. The minimum absolute atomic E-state index is 0.362. The molecule has 0 bridgehead atoms. The predicted octanol–water partition coefficient (Wildman–Crippen LogP) is 20.3. The Balaban J connectivity index is 3.61. The number of carbonyl (C=O) groups excluding carboxylic acids is 1. The molecule has 0 aliphatic carbocycles. The van der Waals surface area contributed by atoms with Crippen LogP contribution in [0.15, 0.2) is 36.5 Å². The van der Waals surface area contributed by atoms with Crippen molar-refractivity contribution >= 4 is 5.91 Å². The topological polar surface area (TPSA) is 110 Å². The van der Waals surface area contributed by atoms with Crippen molar-refractivity contribution in [3.05, 3.63) is 36.5 Å². The quantitative estimate of drug-likeness (QED) is 0.0308. The normalized spacial score (nSPS) is 13.8. The van der Waals surface area contributed by atoms with E-state index in [1.54, 1.807) is 0 Å². The Kier molecular flexibility index (Phi) is 61.1. The van der Waals surface area contributed by atoms with Crippen LogP contribution >= 0.6 is 0 Å². The lowest BCUT2D eigenvalue weighted by molar-refractivity contribution is -0.132. The van der Waals surface area contributed by atoms with Crippen LogP contribution in [0.2, 0.25) is 0 Å². The van der Waals surface area contributed by atoms with E-state index in [0.717, 1.165) is 38.5 Å². The lowest BCUT2D eigenvalue weighted by Gasteiger charge is -2.27. The third-order valence-corrected chi connectivity index (χ3v) is 15.8. The first kappa shape index (κ1) is 72.5. The highest BCUT2D eigenvalue weighted by Gasteiger charge is 2.28. The first-order chi connectivity index (χ1) is 36.5. The largest absolute Gasteiger partial charge is 0.394 e. The molecule has 0 radical (unpaired) electrons. The molecule has 0 saturated heterocycles. The third-order valence-electron chi connectivity index (χ3n) is 15.8. The van der Waals surface area contributed by atoms with E-state index in [4.69, 9.17) is 0 Å². The molecule has 0 aliphatic rings. The van der Waals surface area contributed by atoms with Crippen LogP contribution in [-0.4, -0.2) is 57.3 Å². The van der Waals surface area contributed by atoms with Gasteiger partial charge in [0.1, 0.15) is 12.2 Å². The van der Waals surface area contributed by atoms with Gasteiger partial charge in [0.25, 0.3) is 0 Å². The zero-order valence-corrected chi connectivity index (χ0v) is 49.9. The second kappa shape index (κ2) is 62.4. The van der Waals surface area contributed by atoms with Crippen molar-refractivity contribution in [3.8, 4) is 0 Å². The molecule has 0 rings (SSSR count). The summed E-state index contributed by atoms with van der Waals surface area (Å²) in [6.07, 6.45) is 79.7. The molecule has 4 unspecified atom stereocenters. The highest BCUT2D eigenvalue weighted by Crippen LogP contribution is 2.18. The Morgan fingerprint density at radius 1 is 0.324 bits per heavy atom. The lowest BCUT2D eigenvalue weighted by atomic mass is 10.00. The van der Waals surface area contributed by atoms with Crippen LogP contribution < -0.4 is 5.32 Å². The Hall–Kier alpha value is -1.47. The Labute approximate surface area is 462 Å². The third kappa shape index (κ3) is 55.3. The molecule has 5 N–H and O–H groups in total. The van der Waals surface area contributed by atoms with Crippen LogP contribution in [0.4, 0.5) is 0 Å². The zero-order chi connectivity index (χ0) is 53.7. The van der Waals surface area contributed by atoms with Crippen LogP contribution in [0.1, 0.15) is 361 Å². The van der Waals surface area contributed by atoms with Crippen molar-refractivity contribution in [2.24, 2.45) is 0 Å². The zero-order valence-electron chi connectivity index (χ0n) is 49.9. The maximum absolute atomic E-state index is 12.6. The molecule has 0 fully saturated rings. The van der Waals surface area contributed by atoms with Crippen LogP contribution in [-0.2, 0) is 4.79 Å². The van der Waals surface area contributed by atoms with Gasteiger partial charge in [-0.2, -0.15) is 0 Å². The van der Waals surface area contributed by atoms with Crippen LogP contribution in [0, 0.1) is 0 Å². The van der Waals surface area contributed by atoms with Crippen molar-refractivity contribution in [1.82, 2.24) is 5.32 Å². The van der Waals surface area contributed by atoms with E-state index in [1.807, 2.05) is 0 Å².